The minimum Gasteiger partial charge on any atom is -0.312 e. The van der Waals surface area contributed by atoms with Gasteiger partial charge in [-0.2, -0.15) is 0 Å². The highest BCUT2D eigenvalue weighted by Crippen LogP contribution is 2.59. The molecule has 6 bridgehead atoms. The maximum atomic E-state index is 13.9. The van der Waals surface area contributed by atoms with E-state index in [-0.39, 0.29) is 23.9 Å². The highest BCUT2D eigenvalue weighted by molar-refractivity contribution is 6.05. The van der Waals surface area contributed by atoms with E-state index in [2.05, 4.69) is 12.2 Å². The van der Waals surface area contributed by atoms with Crippen LogP contribution in [0.1, 0.15) is 70.6 Å². The molecule has 0 aromatic carbocycles. The van der Waals surface area contributed by atoms with Gasteiger partial charge < -0.3 is 4.90 Å². The maximum absolute atomic E-state index is 13.9. The number of fused-ring (bicyclic) bond motifs is 2. The summed E-state index contributed by atoms with van der Waals surface area (Å²) in [6, 6.07) is -0.537. The molecule has 6 fully saturated rings. The number of hydrogen-bond acceptors (Lipinski definition) is 4. The minimum atomic E-state index is -0.467. The molecule has 32 heavy (non-hydrogen) atoms. The largest absolute Gasteiger partial charge is 0.327 e. The molecule has 7 heteroatoms. The fourth-order valence-electron chi connectivity index (χ4n) is 8.77. The Bertz CT molecular complexity index is 819. The van der Waals surface area contributed by atoms with Crippen molar-refractivity contribution in [1.29, 1.82) is 0 Å². The predicted molar refractivity (Wildman–Crippen MR) is 116 cm³/mol. The van der Waals surface area contributed by atoms with Crippen molar-refractivity contribution < 1.29 is 19.6 Å². The summed E-state index contributed by atoms with van der Waals surface area (Å²) in [5.74, 6) is 3.11. The van der Waals surface area contributed by atoms with Crippen molar-refractivity contribution in [3.8, 4) is 0 Å². The average molecular weight is 442 g/mol. The molecule has 5 saturated carbocycles. The third-order valence-corrected chi connectivity index (χ3v) is 9.65. The van der Waals surface area contributed by atoms with Gasteiger partial charge in [0.1, 0.15) is 6.04 Å². The number of hydroxylamine groups is 1. The van der Waals surface area contributed by atoms with E-state index in [0.29, 0.717) is 54.9 Å². The van der Waals surface area contributed by atoms with Crippen LogP contribution in [0.3, 0.4) is 0 Å². The van der Waals surface area contributed by atoms with Gasteiger partial charge in [-0.1, -0.05) is 12.2 Å². The fourth-order valence-corrected chi connectivity index (χ4v) is 8.77. The third kappa shape index (κ3) is 3.22. The van der Waals surface area contributed by atoms with E-state index in [4.69, 9.17) is 5.21 Å². The number of imide groups is 1. The molecule has 0 radical (unpaired) electrons. The Kier molecular flexibility index (Phi) is 4.90. The van der Waals surface area contributed by atoms with Crippen LogP contribution < -0.4 is 5.48 Å². The number of nitrogens with zero attached hydrogens (tertiary/aromatic N) is 2. The Morgan fingerprint density at radius 2 is 1.72 bits per heavy atom. The summed E-state index contributed by atoms with van der Waals surface area (Å²) < 4.78 is 0. The van der Waals surface area contributed by atoms with Gasteiger partial charge in [-0.3, -0.25) is 19.7 Å². The molecule has 4 amide bonds. The van der Waals surface area contributed by atoms with Gasteiger partial charge in [0, 0.05) is 13.0 Å². The van der Waals surface area contributed by atoms with Crippen LogP contribution in [-0.4, -0.2) is 51.0 Å². The Morgan fingerprint density at radius 3 is 2.28 bits per heavy atom. The molecule has 1 aliphatic heterocycles. The van der Waals surface area contributed by atoms with Crippen LogP contribution in [0.25, 0.3) is 0 Å². The molecule has 7 rings (SSSR count). The van der Waals surface area contributed by atoms with Crippen molar-refractivity contribution in [1.82, 2.24) is 15.3 Å². The lowest BCUT2D eigenvalue weighted by atomic mass is 9.52. The van der Waals surface area contributed by atoms with Gasteiger partial charge in [-0.05, 0) is 99.7 Å². The molecule has 174 valence electrons. The maximum Gasteiger partial charge on any atom is 0.327 e. The first-order valence-corrected chi connectivity index (χ1v) is 12.7. The molecule has 0 spiro atoms. The Hall–Kier alpha value is -1.89. The SMILES string of the molecule is O=C(CCCC1C(=O)N(C23CC4CC(CC(C4)C2)C3)C(=O)N1CC1CC2C=CC1C2)NO. The summed E-state index contributed by atoms with van der Waals surface area (Å²) >= 11 is 0. The lowest BCUT2D eigenvalue weighted by Crippen LogP contribution is -2.62. The topological polar surface area (TPSA) is 90.0 Å². The number of nitrogens with one attached hydrogen (secondary N) is 1. The standard InChI is InChI=1S/C25H35N3O4/c29-22(26-32)3-1-2-21-23(30)28(25-11-16-6-17(12-25)8-18(7-16)13-25)24(31)27(21)14-20-10-15-4-5-19(20)9-15/h4-5,15-21,32H,1-3,6-14H2,(H,26,29). The van der Waals surface area contributed by atoms with E-state index in [1.807, 2.05) is 4.90 Å². The van der Waals surface area contributed by atoms with Crippen LogP contribution in [0.15, 0.2) is 12.2 Å². The molecule has 0 aromatic rings. The third-order valence-electron chi connectivity index (χ3n) is 9.65. The summed E-state index contributed by atoms with van der Waals surface area (Å²) in [6.45, 7) is 0.649. The summed E-state index contributed by atoms with van der Waals surface area (Å²) in [7, 11) is 0. The van der Waals surface area contributed by atoms with Crippen LogP contribution in [0.4, 0.5) is 4.79 Å². The van der Waals surface area contributed by atoms with Crippen LogP contribution in [0.5, 0.6) is 0 Å². The van der Waals surface area contributed by atoms with Crippen LogP contribution >= 0.6 is 0 Å². The Morgan fingerprint density at radius 1 is 1.03 bits per heavy atom. The number of urea groups is 1. The number of carbonyl (C=O) groups excluding carboxylic acids is 3. The van der Waals surface area contributed by atoms with Gasteiger partial charge in [-0.15, -0.1) is 0 Å². The zero-order valence-corrected chi connectivity index (χ0v) is 18.7. The van der Waals surface area contributed by atoms with Gasteiger partial charge in [0.25, 0.3) is 5.91 Å². The molecule has 6 aliphatic carbocycles. The second kappa shape index (κ2) is 7.57. The van der Waals surface area contributed by atoms with Gasteiger partial charge in [0.05, 0.1) is 5.54 Å². The molecule has 1 heterocycles. The molecule has 7 nitrogen and oxygen atoms in total. The van der Waals surface area contributed by atoms with E-state index < -0.39 is 11.9 Å². The molecule has 7 aliphatic rings. The van der Waals surface area contributed by atoms with Crippen molar-refractivity contribution >= 4 is 17.8 Å². The summed E-state index contributed by atoms with van der Waals surface area (Å²) in [5, 5.41) is 8.82. The average Bonchev–Trinajstić information content (AvgIpc) is 3.42. The normalized spacial score (nSPS) is 43.7. The van der Waals surface area contributed by atoms with E-state index >= 15 is 0 Å². The molecule has 4 unspecified atom stereocenters. The predicted octanol–water partition coefficient (Wildman–Crippen LogP) is 3.48. The van der Waals surface area contributed by atoms with Crippen LogP contribution in [0.2, 0.25) is 0 Å². The zero-order chi connectivity index (χ0) is 22.0. The van der Waals surface area contributed by atoms with Crippen LogP contribution in [-0.2, 0) is 9.59 Å². The summed E-state index contributed by atoms with van der Waals surface area (Å²) in [5.41, 5.74) is 1.40. The van der Waals surface area contributed by atoms with Crippen LogP contribution in [0, 0.1) is 35.5 Å². The second-order valence-corrected chi connectivity index (χ2v) is 11.7. The first kappa shape index (κ1) is 20.7. The van der Waals surface area contributed by atoms with Gasteiger partial charge >= 0.3 is 6.03 Å². The Labute approximate surface area is 189 Å². The first-order valence-electron chi connectivity index (χ1n) is 12.7. The van der Waals surface area contributed by atoms with E-state index in [0.717, 1.165) is 25.7 Å². The zero-order valence-electron chi connectivity index (χ0n) is 18.7. The lowest BCUT2D eigenvalue weighted by molar-refractivity contribution is -0.141. The summed E-state index contributed by atoms with van der Waals surface area (Å²) in [6.07, 6.45) is 14.8. The lowest BCUT2D eigenvalue weighted by Gasteiger charge is -2.58. The number of allylic oxidation sites excluding steroid dienone is 2. The number of rotatable bonds is 7. The molecule has 1 saturated heterocycles. The van der Waals surface area contributed by atoms with Crippen molar-refractivity contribution in [2.24, 2.45) is 35.5 Å². The van der Waals surface area contributed by atoms with Gasteiger partial charge in [0.2, 0.25) is 5.91 Å². The smallest absolute Gasteiger partial charge is 0.312 e. The van der Waals surface area contributed by atoms with Crippen molar-refractivity contribution in [3.05, 3.63) is 12.2 Å². The highest BCUT2D eigenvalue weighted by Gasteiger charge is 2.61. The molecular formula is C25H35N3O4. The van der Waals surface area contributed by atoms with E-state index in [1.165, 1.54) is 25.7 Å². The quantitative estimate of drug-likeness (QED) is 0.274. The van der Waals surface area contributed by atoms with E-state index in [1.54, 1.807) is 10.4 Å². The monoisotopic (exact) mass is 441 g/mol. The minimum absolute atomic E-state index is 0.0277. The van der Waals surface area contributed by atoms with Crippen molar-refractivity contribution in [2.75, 3.05) is 6.54 Å². The molecule has 2 N–H and O–H groups in total. The molecule has 0 aromatic heterocycles. The van der Waals surface area contributed by atoms with E-state index in [9.17, 15) is 14.4 Å². The van der Waals surface area contributed by atoms with Gasteiger partial charge in [-0.25, -0.2) is 10.3 Å². The number of carbonyl (C=O) groups is 3. The number of amides is 4. The first-order chi connectivity index (χ1) is 15.5. The Balaban J connectivity index is 1.25. The van der Waals surface area contributed by atoms with Gasteiger partial charge in [0.15, 0.2) is 0 Å². The molecular weight excluding hydrogens is 406 g/mol. The highest BCUT2D eigenvalue weighted by atomic mass is 16.5. The summed E-state index contributed by atoms with van der Waals surface area (Å²) in [4.78, 5) is 42.8. The van der Waals surface area contributed by atoms with Crippen molar-refractivity contribution in [2.45, 2.75) is 82.2 Å². The number of hydrogen-bond donors (Lipinski definition) is 2. The van der Waals surface area contributed by atoms with Crippen molar-refractivity contribution in [3.63, 3.8) is 0 Å². The second-order valence-electron chi connectivity index (χ2n) is 11.7. The fraction of sp³-hybridized carbons (Fsp3) is 0.800. The molecule has 4 atom stereocenters.